The van der Waals surface area contributed by atoms with Gasteiger partial charge in [0, 0.05) is 17.4 Å². The van der Waals surface area contributed by atoms with Gasteiger partial charge in [0.05, 0.1) is 18.1 Å². The molecule has 1 amide bonds. The number of sulfone groups is 1. The van der Waals surface area contributed by atoms with E-state index in [0.29, 0.717) is 12.4 Å². The van der Waals surface area contributed by atoms with Crippen molar-refractivity contribution in [2.75, 3.05) is 23.4 Å². The van der Waals surface area contributed by atoms with Crippen molar-refractivity contribution < 1.29 is 13.2 Å². The molecule has 1 atom stereocenters. The standard InChI is InChI=1S/C12H18N4O3S/c1-8-5-9(2)15-12(14-8)13-6-11(17)16-10-3-4-20(18,19)7-10/h5,10H,3-4,6-7H2,1-2H3,(H,16,17)(H,13,14,15). The molecule has 0 aromatic carbocycles. The Morgan fingerprint density at radius 3 is 2.55 bits per heavy atom. The van der Waals surface area contributed by atoms with E-state index in [9.17, 15) is 13.2 Å². The zero-order valence-electron chi connectivity index (χ0n) is 11.5. The van der Waals surface area contributed by atoms with Crippen LogP contribution in [0.3, 0.4) is 0 Å². The Kier molecular flexibility index (Phi) is 4.22. The van der Waals surface area contributed by atoms with E-state index >= 15 is 0 Å². The van der Waals surface area contributed by atoms with Crippen LogP contribution < -0.4 is 10.6 Å². The molecule has 2 rings (SSSR count). The number of anilines is 1. The Balaban J connectivity index is 1.83. The largest absolute Gasteiger partial charge is 0.351 e. The molecule has 1 aromatic rings. The number of nitrogens with one attached hydrogen (secondary N) is 2. The summed E-state index contributed by atoms with van der Waals surface area (Å²) in [5.41, 5.74) is 1.64. The summed E-state index contributed by atoms with van der Waals surface area (Å²) in [5.74, 6) is 0.316. The van der Waals surface area contributed by atoms with Crippen LogP contribution in [-0.4, -0.2) is 48.4 Å². The quantitative estimate of drug-likeness (QED) is 0.799. The van der Waals surface area contributed by atoms with Crippen LogP contribution in [0.2, 0.25) is 0 Å². The van der Waals surface area contributed by atoms with Gasteiger partial charge < -0.3 is 10.6 Å². The molecule has 2 N–H and O–H groups in total. The van der Waals surface area contributed by atoms with E-state index in [1.807, 2.05) is 19.9 Å². The van der Waals surface area contributed by atoms with Crippen LogP contribution in [0.5, 0.6) is 0 Å². The Bertz CT molecular complexity index is 595. The van der Waals surface area contributed by atoms with Crippen molar-refractivity contribution in [2.45, 2.75) is 26.3 Å². The van der Waals surface area contributed by atoms with E-state index in [1.165, 1.54) is 0 Å². The number of aromatic nitrogens is 2. The number of nitrogens with zero attached hydrogens (tertiary/aromatic N) is 2. The van der Waals surface area contributed by atoms with Crippen LogP contribution >= 0.6 is 0 Å². The minimum absolute atomic E-state index is 0.0266. The van der Waals surface area contributed by atoms with Crippen LogP contribution in [0, 0.1) is 13.8 Å². The fraction of sp³-hybridized carbons (Fsp3) is 0.583. The van der Waals surface area contributed by atoms with Crippen molar-refractivity contribution in [3.05, 3.63) is 17.5 Å². The highest BCUT2D eigenvalue weighted by Gasteiger charge is 2.28. The van der Waals surface area contributed by atoms with E-state index in [0.717, 1.165) is 11.4 Å². The Morgan fingerprint density at radius 2 is 2.00 bits per heavy atom. The number of hydrogen-bond acceptors (Lipinski definition) is 6. The zero-order chi connectivity index (χ0) is 14.8. The lowest BCUT2D eigenvalue weighted by Gasteiger charge is -2.11. The molecule has 20 heavy (non-hydrogen) atoms. The molecule has 7 nitrogen and oxygen atoms in total. The molecule has 1 fully saturated rings. The SMILES string of the molecule is Cc1cc(C)nc(NCC(=O)NC2CCS(=O)(=O)C2)n1. The zero-order valence-corrected chi connectivity index (χ0v) is 12.3. The second-order valence-electron chi connectivity index (χ2n) is 5.00. The van der Waals surface area contributed by atoms with Gasteiger partial charge in [-0.15, -0.1) is 0 Å². The topological polar surface area (TPSA) is 101 Å². The van der Waals surface area contributed by atoms with Crippen LogP contribution in [0.25, 0.3) is 0 Å². The van der Waals surface area contributed by atoms with Crippen LogP contribution in [0.15, 0.2) is 6.07 Å². The molecule has 110 valence electrons. The third-order valence-electron chi connectivity index (χ3n) is 2.99. The molecule has 2 heterocycles. The summed E-state index contributed by atoms with van der Waals surface area (Å²) in [6.45, 7) is 3.73. The summed E-state index contributed by atoms with van der Waals surface area (Å²) in [7, 11) is -2.98. The van der Waals surface area contributed by atoms with Crippen LogP contribution in [0.4, 0.5) is 5.95 Å². The third kappa shape index (κ3) is 4.16. The average Bonchev–Trinajstić information content (AvgIpc) is 2.65. The maximum Gasteiger partial charge on any atom is 0.239 e. The van der Waals surface area contributed by atoms with E-state index in [1.54, 1.807) is 0 Å². The van der Waals surface area contributed by atoms with E-state index in [-0.39, 0.29) is 30.0 Å². The van der Waals surface area contributed by atoms with Crippen LogP contribution in [-0.2, 0) is 14.6 Å². The lowest BCUT2D eigenvalue weighted by atomic mass is 10.2. The number of hydrogen-bond donors (Lipinski definition) is 2. The van der Waals surface area contributed by atoms with Gasteiger partial charge in [-0.3, -0.25) is 4.79 Å². The van der Waals surface area contributed by atoms with Gasteiger partial charge in [-0.2, -0.15) is 0 Å². The minimum Gasteiger partial charge on any atom is -0.351 e. The van der Waals surface area contributed by atoms with Gasteiger partial charge in [0.15, 0.2) is 9.84 Å². The third-order valence-corrected chi connectivity index (χ3v) is 4.75. The summed E-state index contributed by atoms with van der Waals surface area (Å²) >= 11 is 0. The lowest BCUT2D eigenvalue weighted by Crippen LogP contribution is -2.39. The van der Waals surface area contributed by atoms with Crippen molar-refractivity contribution in [2.24, 2.45) is 0 Å². The summed E-state index contributed by atoms with van der Waals surface area (Å²) in [5, 5.41) is 5.53. The fourth-order valence-corrected chi connectivity index (χ4v) is 3.83. The summed E-state index contributed by atoms with van der Waals surface area (Å²) in [6.07, 6.45) is 0.480. The highest BCUT2D eigenvalue weighted by molar-refractivity contribution is 7.91. The van der Waals surface area contributed by atoms with Crippen LogP contribution in [0.1, 0.15) is 17.8 Å². The lowest BCUT2D eigenvalue weighted by molar-refractivity contribution is -0.119. The molecule has 0 bridgehead atoms. The first-order valence-corrected chi connectivity index (χ1v) is 8.22. The molecular formula is C12H18N4O3S. The van der Waals surface area contributed by atoms with Gasteiger partial charge in [-0.05, 0) is 26.3 Å². The second kappa shape index (κ2) is 5.74. The summed E-state index contributed by atoms with van der Waals surface area (Å²) in [6, 6.07) is 1.56. The molecule has 0 radical (unpaired) electrons. The Labute approximate surface area is 118 Å². The molecule has 0 saturated carbocycles. The maximum atomic E-state index is 11.7. The number of carbonyl (C=O) groups excluding carboxylic acids is 1. The van der Waals surface area contributed by atoms with Gasteiger partial charge in [-0.1, -0.05) is 0 Å². The molecule has 1 unspecified atom stereocenters. The highest BCUT2D eigenvalue weighted by Crippen LogP contribution is 2.11. The molecule has 8 heteroatoms. The molecule has 0 spiro atoms. The molecule has 0 aliphatic carbocycles. The molecule has 1 aliphatic rings. The predicted molar refractivity (Wildman–Crippen MR) is 75.2 cm³/mol. The Hall–Kier alpha value is -1.70. The van der Waals surface area contributed by atoms with Gasteiger partial charge >= 0.3 is 0 Å². The number of aryl methyl sites for hydroxylation is 2. The number of rotatable bonds is 4. The first kappa shape index (κ1) is 14.7. The fourth-order valence-electron chi connectivity index (χ4n) is 2.15. The maximum absolute atomic E-state index is 11.7. The molecular weight excluding hydrogens is 280 g/mol. The molecule has 1 aliphatic heterocycles. The Morgan fingerprint density at radius 1 is 1.35 bits per heavy atom. The smallest absolute Gasteiger partial charge is 0.239 e. The predicted octanol–water partition coefficient (Wildman–Crippen LogP) is -0.191. The van der Waals surface area contributed by atoms with Crippen molar-refractivity contribution >= 4 is 21.7 Å². The van der Waals surface area contributed by atoms with Crippen molar-refractivity contribution in [3.8, 4) is 0 Å². The average molecular weight is 298 g/mol. The van der Waals surface area contributed by atoms with Crippen molar-refractivity contribution in [3.63, 3.8) is 0 Å². The van der Waals surface area contributed by atoms with Gasteiger partial charge in [0.25, 0.3) is 0 Å². The first-order chi connectivity index (χ1) is 9.34. The van der Waals surface area contributed by atoms with Crippen molar-refractivity contribution in [1.82, 2.24) is 15.3 Å². The van der Waals surface area contributed by atoms with E-state index < -0.39 is 9.84 Å². The molecule has 1 saturated heterocycles. The number of amides is 1. The first-order valence-electron chi connectivity index (χ1n) is 6.40. The number of carbonyl (C=O) groups is 1. The van der Waals surface area contributed by atoms with Gasteiger partial charge in [0.1, 0.15) is 0 Å². The minimum atomic E-state index is -2.98. The monoisotopic (exact) mass is 298 g/mol. The normalized spacial score (nSPS) is 20.6. The van der Waals surface area contributed by atoms with E-state index in [2.05, 4.69) is 20.6 Å². The van der Waals surface area contributed by atoms with E-state index in [4.69, 9.17) is 0 Å². The van der Waals surface area contributed by atoms with Gasteiger partial charge in [-0.25, -0.2) is 18.4 Å². The van der Waals surface area contributed by atoms with Gasteiger partial charge in [0.2, 0.25) is 11.9 Å². The second-order valence-corrected chi connectivity index (χ2v) is 7.22. The van der Waals surface area contributed by atoms with Crippen molar-refractivity contribution in [1.29, 1.82) is 0 Å². The molecule has 1 aromatic heterocycles. The summed E-state index contributed by atoms with van der Waals surface area (Å²) < 4.78 is 22.6. The highest BCUT2D eigenvalue weighted by atomic mass is 32.2. The summed E-state index contributed by atoms with van der Waals surface area (Å²) in [4.78, 5) is 20.1.